The Morgan fingerprint density at radius 3 is 2.37 bits per heavy atom. The van der Waals surface area contributed by atoms with Crippen molar-refractivity contribution >= 4 is 22.5 Å². The van der Waals surface area contributed by atoms with Gasteiger partial charge in [0, 0.05) is 61.2 Å². The summed E-state index contributed by atoms with van der Waals surface area (Å²) < 4.78 is 2.13. The molecule has 7 nitrogen and oxygen atoms in total. The smallest absolute Gasteiger partial charge is 0.270 e. The minimum Gasteiger partial charge on any atom is -0.355 e. The average Bonchev–Trinajstić information content (AvgIpc) is 3.30. The third kappa shape index (κ3) is 6.11. The molecule has 0 saturated carbocycles. The molecule has 1 aromatic heterocycles. The molecule has 1 N–H and O–H groups in total. The number of fused-ring (bicyclic) bond motifs is 1. The molecule has 1 fully saturated rings. The molecule has 5 rings (SSSR count). The van der Waals surface area contributed by atoms with Gasteiger partial charge in [-0.15, -0.1) is 0 Å². The monoisotopic (exact) mass is 510 g/mol. The number of non-ortho nitro benzene ring substituents is 1. The number of likely N-dealkylation sites (tertiary alicyclic amines) is 1. The van der Waals surface area contributed by atoms with E-state index >= 15 is 0 Å². The van der Waals surface area contributed by atoms with Crippen LogP contribution in [-0.4, -0.2) is 46.5 Å². The molecule has 1 atom stereocenters. The van der Waals surface area contributed by atoms with Crippen LogP contribution in [0.2, 0.25) is 0 Å². The van der Waals surface area contributed by atoms with Gasteiger partial charge in [0.25, 0.3) is 5.69 Å². The minimum absolute atomic E-state index is 0.00903. The summed E-state index contributed by atoms with van der Waals surface area (Å²) in [5.74, 6) is -0.238. The van der Waals surface area contributed by atoms with Crippen LogP contribution in [0.15, 0.2) is 85.1 Å². The van der Waals surface area contributed by atoms with Crippen LogP contribution < -0.4 is 5.32 Å². The van der Waals surface area contributed by atoms with Crippen molar-refractivity contribution in [1.82, 2.24) is 14.8 Å². The van der Waals surface area contributed by atoms with Gasteiger partial charge in [-0.1, -0.05) is 67.1 Å². The molecule has 38 heavy (non-hydrogen) atoms. The number of benzene rings is 3. The van der Waals surface area contributed by atoms with Gasteiger partial charge in [0.05, 0.1) is 4.92 Å². The predicted octanol–water partition coefficient (Wildman–Crippen LogP) is 5.72. The lowest BCUT2D eigenvalue weighted by Crippen LogP contribution is -2.38. The second-order valence-corrected chi connectivity index (χ2v) is 10.1. The Morgan fingerprint density at radius 2 is 1.66 bits per heavy atom. The number of nitro benzene ring substituents is 1. The molecule has 0 unspecified atom stereocenters. The van der Waals surface area contributed by atoms with E-state index in [1.807, 2.05) is 54.6 Å². The quantitative estimate of drug-likeness (QED) is 0.219. The maximum Gasteiger partial charge on any atom is 0.270 e. The molecule has 1 aliphatic heterocycles. The first-order chi connectivity index (χ1) is 18.6. The number of piperidine rings is 1. The van der Waals surface area contributed by atoms with Gasteiger partial charge < -0.3 is 14.8 Å². The van der Waals surface area contributed by atoms with Crippen LogP contribution in [0.3, 0.4) is 0 Å². The van der Waals surface area contributed by atoms with Gasteiger partial charge in [0.2, 0.25) is 5.91 Å². The van der Waals surface area contributed by atoms with Crippen LogP contribution in [-0.2, 0) is 11.3 Å². The second kappa shape index (κ2) is 12.0. The number of nitro groups is 1. The molecule has 0 bridgehead atoms. The largest absolute Gasteiger partial charge is 0.355 e. The summed E-state index contributed by atoms with van der Waals surface area (Å²) in [6.07, 6.45) is 6.08. The zero-order valence-electron chi connectivity index (χ0n) is 21.6. The molecule has 3 aromatic carbocycles. The third-order valence-corrected chi connectivity index (χ3v) is 7.47. The number of nitrogens with one attached hydrogen (secondary N) is 1. The van der Waals surface area contributed by atoms with Crippen molar-refractivity contribution in [3.63, 3.8) is 0 Å². The first-order valence-electron chi connectivity index (χ1n) is 13.4. The highest BCUT2D eigenvalue weighted by molar-refractivity contribution is 5.88. The molecule has 7 heteroatoms. The molecule has 1 amide bonds. The number of carbonyl (C=O) groups excluding carboxylic acids is 1. The summed E-state index contributed by atoms with van der Waals surface area (Å²) in [7, 11) is 0. The van der Waals surface area contributed by atoms with Crippen LogP contribution in [0.25, 0.3) is 10.9 Å². The average molecular weight is 511 g/mol. The van der Waals surface area contributed by atoms with Crippen LogP contribution in [0.4, 0.5) is 5.69 Å². The summed E-state index contributed by atoms with van der Waals surface area (Å²) >= 11 is 0. The summed E-state index contributed by atoms with van der Waals surface area (Å²) in [6, 6.07) is 25.1. The van der Waals surface area contributed by atoms with E-state index in [1.165, 1.54) is 19.3 Å². The van der Waals surface area contributed by atoms with Crippen molar-refractivity contribution in [1.29, 1.82) is 0 Å². The van der Waals surface area contributed by atoms with Crippen molar-refractivity contribution in [2.75, 3.05) is 26.2 Å². The van der Waals surface area contributed by atoms with Crippen molar-refractivity contribution in [2.45, 2.75) is 38.1 Å². The number of amides is 1. The molecule has 1 saturated heterocycles. The van der Waals surface area contributed by atoms with Crippen LogP contribution in [0, 0.1) is 10.1 Å². The minimum atomic E-state index is -0.359. The molecule has 0 radical (unpaired) electrons. The maximum atomic E-state index is 13.2. The Morgan fingerprint density at radius 1 is 0.947 bits per heavy atom. The zero-order valence-corrected chi connectivity index (χ0v) is 21.6. The lowest BCUT2D eigenvalue weighted by molar-refractivity contribution is -0.384. The zero-order chi connectivity index (χ0) is 26.3. The van der Waals surface area contributed by atoms with Crippen molar-refractivity contribution in [3.8, 4) is 0 Å². The van der Waals surface area contributed by atoms with E-state index in [0.717, 1.165) is 47.2 Å². The van der Waals surface area contributed by atoms with E-state index in [9.17, 15) is 14.9 Å². The van der Waals surface area contributed by atoms with E-state index in [4.69, 9.17) is 0 Å². The fourth-order valence-electron chi connectivity index (χ4n) is 5.50. The third-order valence-electron chi connectivity index (χ3n) is 7.47. The van der Waals surface area contributed by atoms with Crippen molar-refractivity contribution < 1.29 is 9.72 Å². The SMILES string of the molecule is O=C(C[C@H](c1ccccc1)c1cn(Cc2ccccc2)c2ccc([N+](=O)[O-])cc12)NCCN1CCCCC1. The summed E-state index contributed by atoms with van der Waals surface area (Å²) in [5, 5.41) is 15.6. The Labute approximate surface area is 223 Å². The Hall–Kier alpha value is -3.97. The summed E-state index contributed by atoms with van der Waals surface area (Å²) in [5.41, 5.74) is 4.05. The van der Waals surface area contributed by atoms with Gasteiger partial charge >= 0.3 is 0 Å². The van der Waals surface area contributed by atoms with Gasteiger partial charge in [0.1, 0.15) is 0 Å². The van der Waals surface area contributed by atoms with Gasteiger partial charge in [-0.2, -0.15) is 0 Å². The Kier molecular flexibility index (Phi) is 8.14. The topological polar surface area (TPSA) is 80.4 Å². The molecular formula is C31H34N4O3. The first kappa shape index (κ1) is 25.7. The van der Waals surface area contributed by atoms with Gasteiger partial charge in [-0.05, 0) is 48.7 Å². The van der Waals surface area contributed by atoms with E-state index in [1.54, 1.807) is 12.1 Å². The van der Waals surface area contributed by atoms with Crippen LogP contribution in [0.1, 0.15) is 48.3 Å². The standard InChI is InChI=1S/C31H34N4O3/c36-31(32-16-19-33-17-8-3-9-18-33)21-27(25-12-6-2-7-13-25)29-23-34(22-24-10-4-1-5-11-24)30-15-14-26(35(37)38)20-28(29)30/h1-2,4-7,10-15,20,23,27H,3,8-9,16-19,21-22H2,(H,32,36)/t27-/m1/s1. The van der Waals surface area contributed by atoms with Gasteiger partial charge in [-0.3, -0.25) is 14.9 Å². The fraction of sp³-hybridized carbons (Fsp3) is 0.323. The Balaban J connectivity index is 1.46. The van der Waals surface area contributed by atoms with E-state index < -0.39 is 0 Å². The van der Waals surface area contributed by atoms with Gasteiger partial charge in [0.15, 0.2) is 0 Å². The molecular weight excluding hydrogens is 476 g/mol. The van der Waals surface area contributed by atoms with E-state index in [-0.39, 0.29) is 28.9 Å². The lowest BCUT2D eigenvalue weighted by Gasteiger charge is -2.26. The number of aromatic nitrogens is 1. The highest BCUT2D eigenvalue weighted by Gasteiger charge is 2.24. The predicted molar refractivity (Wildman–Crippen MR) is 150 cm³/mol. The number of carbonyl (C=O) groups is 1. The highest BCUT2D eigenvalue weighted by Crippen LogP contribution is 2.36. The number of nitrogens with zero attached hydrogens (tertiary/aromatic N) is 3. The molecule has 196 valence electrons. The number of hydrogen-bond acceptors (Lipinski definition) is 4. The van der Waals surface area contributed by atoms with E-state index in [0.29, 0.717) is 13.1 Å². The van der Waals surface area contributed by atoms with Crippen molar-refractivity contribution in [3.05, 3.63) is 112 Å². The van der Waals surface area contributed by atoms with Crippen LogP contribution >= 0.6 is 0 Å². The summed E-state index contributed by atoms with van der Waals surface area (Å²) in [4.78, 5) is 26.9. The Bertz CT molecular complexity index is 1380. The van der Waals surface area contributed by atoms with Gasteiger partial charge in [-0.25, -0.2) is 0 Å². The molecule has 4 aromatic rings. The highest BCUT2D eigenvalue weighted by atomic mass is 16.6. The van der Waals surface area contributed by atoms with E-state index in [2.05, 4.69) is 33.1 Å². The molecule has 2 heterocycles. The maximum absolute atomic E-state index is 13.2. The molecule has 0 spiro atoms. The normalized spacial score (nSPS) is 14.8. The number of hydrogen-bond donors (Lipinski definition) is 1. The first-order valence-corrected chi connectivity index (χ1v) is 13.4. The lowest BCUT2D eigenvalue weighted by atomic mass is 9.88. The number of rotatable bonds is 10. The summed E-state index contributed by atoms with van der Waals surface area (Å²) in [6.45, 7) is 4.33. The molecule has 0 aliphatic carbocycles. The second-order valence-electron chi connectivity index (χ2n) is 10.1. The fourth-order valence-corrected chi connectivity index (χ4v) is 5.50. The molecule has 1 aliphatic rings. The van der Waals surface area contributed by atoms with Crippen LogP contribution in [0.5, 0.6) is 0 Å². The van der Waals surface area contributed by atoms with Crippen molar-refractivity contribution in [2.24, 2.45) is 0 Å².